The van der Waals surface area contributed by atoms with E-state index in [1.54, 1.807) is 13.8 Å². The normalized spacial score (nSPS) is 11.4. The van der Waals surface area contributed by atoms with E-state index in [1.807, 2.05) is 11.4 Å². The first-order valence-electron chi connectivity index (χ1n) is 4.14. The standard InChI is InChI=1S/C9H12INO2S/c1-9(2,13)5-11-8(12)7-6(10)3-4-14-7/h3-4,13H,5H2,1-2H3,(H,11,12). The molecule has 1 aromatic heterocycles. The van der Waals surface area contributed by atoms with Gasteiger partial charge in [0, 0.05) is 10.1 Å². The van der Waals surface area contributed by atoms with E-state index in [4.69, 9.17) is 0 Å². The number of aliphatic hydroxyl groups is 1. The molecule has 1 amide bonds. The maximum atomic E-state index is 11.6. The quantitative estimate of drug-likeness (QED) is 0.834. The van der Waals surface area contributed by atoms with Crippen LogP contribution in [-0.2, 0) is 0 Å². The van der Waals surface area contributed by atoms with Crippen LogP contribution in [0.2, 0.25) is 0 Å². The summed E-state index contributed by atoms with van der Waals surface area (Å²) in [6.45, 7) is 3.58. The number of nitrogens with one attached hydrogen (secondary N) is 1. The van der Waals surface area contributed by atoms with Crippen LogP contribution in [0, 0.1) is 3.57 Å². The van der Waals surface area contributed by atoms with Gasteiger partial charge in [-0.3, -0.25) is 4.79 Å². The SMILES string of the molecule is CC(C)(O)CNC(=O)c1sccc1I. The first-order chi connectivity index (χ1) is 6.40. The van der Waals surface area contributed by atoms with Gasteiger partial charge in [-0.1, -0.05) is 0 Å². The Morgan fingerprint density at radius 1 is 1.71 bits per heavy atom. The number of amides is 1. The maximum Gasteiger partial charge on any atom is 0.262 e. The van der Waals surface area contributed by atoms with Gasteiger partial charge in [0.25, 0.3) is 5.91 Å². The fourth-order valence-electron chi connectivity index (χ4n) is 0.833. The molecule has 0 bridgehead atoms. The van der Waals surface area contributed by atoms with Gasteiger partial charge in [0.1, 0.15) is 4.88 Å². The summed E-state index contributed by atoms with van der Waals surface area (Å²) in [5, 5.41) is 14.0. The van der Waals surface area contributed by atoms with Crippen LogP contribution >= 0.6 is 33.9 Å². The highest BCUT2D eigenvalue weighted by Gasteiger charge is 2.16. The van der Waals surface area contributed by atoms with E-state index in [9.17, 15) is 9.90 Å². The molecule has 5 heteroatoms. The second kappa shape index (κ2) is 4.59. The zero-order chi connectivity index (χ0) is 10.8. The number of carbonyl (C=O) groups is 1. The van der Waals surface area contributed by atoms with E-state index < -0.39 is 5.60 Å². The van der Waals surface area contributed by atoms with Crippen molar-refractivity contribution in [3.8, 4) is 0 Å². The van der Waals surface area contributed by atoms with Gasteiger partial charge in [0.2, 0.25) is 0 Å². The number of carbonyl (C=O) groups excluding carboxylic acids is 1. The molecule has 14 heavy (non-hydrogen) atoms. The van der Waals surface area contributed by atoms with Crippen LogP contribution < -0.4 is 5.32 Å². The highest BCUT2D eigenvalue weighted by molar-refractivity contribution is 14.1. The van der Waals surface area contributed by atoms with Crippen molar-refractivity contribution >= 4 is 39.8 Å². The summed E-state index contributed by atoms with van der Waals surface area (Å²) in [5.74, 6) is -0.119. The molecule has 0 spiro atoms. The van der Waals surface area contributed by atoms with Crippen LogP contribution in [0.25, 0.3) is 0 Å². The number of halogens is 1. The Kier molecular flexibility index (Phi) is 3.91. The molecule has 0 fully saturated rings. The Labute approximate surface area is 101 Å². The summed E-state index contributed by atoms with van der Waals surface area (Å²) in [6, 6.07) is 1.89. The summed E-state index contributed by atoms with van der Waals surface area (Å²) in [7, 11) is 0. The molecule has 0 aliphatic carbocycles. The molecule has 0 aliphatic rings. The van der Waals surface area contributed by atoms with Crippen molar-refractivity contribution in [1.29, 1.82) is 0 Å². The van der Waals surface area contributed by atoms with Crippen molar-refractivity contribution in [3.63, 3.8) is 0 Å². The van der Waals surface area contributed by atoms with Gasteiger partial charge in [-0.25, -0.2) is 0 Å². The molecule has 0 unspecified atom stereocenters. The lowest BCUT2D eigenvalue weighted by Gasteiger charge is -2.17. The highest BCUT2D eigenvalue weighted by atomic mass is 127. The van der Waals surface area contributed by atoms with E-state index in [0.29, 0.717) is 4.88 Å². The first kappa shape index (κ1) is 11.9. The largest absolute Gasteiger partial charge is 0.389 e. The van der Waals surface area contributed by atoms with E-state index >= 15 is 0 Å². The minimum absolute atomic E-state index is 0.119. The van der Waals surface area contributed by atoms with Crippen LogP contribution in [0.4, 0.5) is 0 Å². The van der Waals surface area contributed by atoms with Gasteiger partial charge in [-0.05, 0) is 47.9 Å². The third-order valence-corrected chi connectivity index (χ3v) is 3.68. The molecule has 2 N–H and O–H groups in total. The molecule has 0 aromatic carbocycles. The van der Waals surface area contributed by atoms with Crippen molar-refractivity contribution in [1.82, 2.24) is 5.32 Å². The van der Waals surface area contributed by atoms with Crippen LogP contribution in [0.5, 0.6) is 0 Å². The van der Waals surface area contributed by atoms with Crippen LogP contribution in [0.3, 0.4) is 0 Å². The van der Waals surface area contributed by atoms with Crippen LogP contribution in [0.15, 0.2) is 11.4 Å². The summed E-state index contributed by atoms with van der Waals surface area (Å²) >= 11 is 3.53. The molecule has 3 nitrogen and oxygen atoms in total. The summed E-state index contributed by atoms with van der Waals surface area (Å²) in [4.78, 5) is 12.3. The summed E-state index contributed by atoms with van der Waals surface area (Å²) in [6.07, 6.45) is 0. The fourth-order valence-corrected chi connectivity index (χ4v) is 2.58. The van der Waals surface area contributed by atoms with Gasteiger partial charge in [0.15, 0.2) is 0 Å². The maximum absolute atomic E-state index is 11.6. The van der Waals surface area contributed by atoms with E-state index in [-0.39, 0.29) is 12.5 Å². The van der Waals surface area contributed by atoms with E-state index in [0.717, 1.165) is 3.57 Å². The molecule has 0 saturated carbocycles. The molecular weight excluding hydrogens is 313 g/mol. The zero-order valence-electron chi connectivity index (χ0n) is 8.00. The Balaban J connectivity index is 2.56. The zero-order valence-corrected chi connectivity index (χ0v) is 11.0. The Bertz CT molecular complexity index is 330. The molecule has 0 atom stereocenters. The van der Waals surface area contributed by atoms with Gasteiger partial charge in [-0.2, -0.15) is 0 Å². The van der Waals surface area contributed by atoms with Crippen LogP contribution in [0.1, 0.15) is 23.5 Å². The first-order valence-corrected chi connectivity index (χ1v) is 6.09. The molecule has 0 aliphatic heterocycles. The third-order valence-electron chi connectivity index (χ3n) is 1.50. The molecule has 0 saturated heterocycles. The fraction of sp³-hybridized carbons (Fsp3) is 0.444. The van der Waals surface area contributed by atoms with Crippen molar-refractivity contribution in [2.45, 2.75) is 19.4 Å². The average Bonchev–Trinajstić information content (AvgIpc) is 2.46. The number of hydrogen-bond donors (Lipinski definition) is 2. The average molecular weight is 325 g/mol. The Morgan fingerprint density at radius 3 is 2.79 bits per heavy atom. The topological polar surface area (TPSA) is 49.3 Å². The van der Waals surface area contributed by atoms with Gasteiger partial charge >= 0.3 is 0 Å². The number of rotatable bonds is 3. The van der Waals surface area contributed by atoms with Crippen molar-refractivity contribution < 1.29 is 9.90 Å². The predicted molar refractivity (Wildman–Crippen MR) is 65.7 cm³/mol. The van der Waals surface area contributed by atoms with Crippen molar-refractivity contribution in [3.05, 3.63) is 19.9 Å². The lowest BCUT2D eigenvalue weighted by Crippen LogP contribution is -2.38. The Morgan fingerprint density at radius 2 is 2.36 bits per heavy atom. The lowest BCUT2D eigenvalue weighted by atomic mass is 10.1. The number of hydrogen-bond acceptors (Lipinski definition) is 3. The molecule has 1 aromatic rings. The monoisotopic (exact) mass is 325 g/mol. The second-order valence-electron chi connectivity index (χ2n) is 3.59. The summed E-state index contributed by atoms with van der Waals surface area (Å²) < 4.78 is 0.945. The van der Waals surface area contributed by atoms with Gasteiger partial charge in [0.05, 0.1) is 5.60 Å². The second-order valence-corrected chi connectivity index (χ2v) is 5.67. The van der Waals surface area contributed by atoms with Crippen molar-refractivity contribution in [2.24, 2.45) is 0 Å². The minimum atomic E-state index is -0.863. The van der Waals surface area contributed by atoms with Gasteiger partial charge in [-0.15, -0.1) is 11.3 Å². The smallest absolute Gasteiger partial charge is 0.262 e. The Hall–Kier alpha value is -0.140. The summed E-state index contributed by atoms with van der Waals surface area (Å²) in [5.41, 5.74) is -0.863. The van der Waals surface area contributed by atoms with Gasteiger partial charge < -0.3 is 10.4 Å². The van der Waals surface area contributed by atoms with E-state index in [1.165, 1.54) is 11.3 Å². The highest BCUT2D eigenvalue weighted by Crippen LogP contribution is 2.18. The minimum Gasteiger partial charge on any atom is -0.389 e. The molecule has 1 heterocycles. The van der Waals surface area contributed by atoms with Crippen LogP contribution in [-0.4, -0.2) is 23.2 Å². The molecular formula is C9H12INO2S. The lowest BCUT2D eigenvalue weighted by molar-refractivity contribution is 0.0696. The predicted octanol–water partition coefficient (Wildman–Crippen LogP) is 1.85. The van der Waals surface area contributed by atoms with E-state index in [2.05, 4.69) is 27.9 Å². The molecule has 0 radical (unpaired) electrons. The number of thiophene rings is 1. The third kappa shape index (κ3) is 3.55. The van der Waals surface area contributed by atoms with Crippen molar-refractivity contribution in [2.75, 3.05) is 6.54 Å². The molecule has 78 valence electrons. The molecule has 1 rings (SSSR count).